The number of hydrogen-bond acceptors (Lipinski definition) is 4. The molecule has 1 aromatic carbocycles. The molecule has 0 radical (unpaired) electrons. The number of benzene rings is 1. The Labute approximate surface area is 118 Å². The summed E-state index contributed by atoms with van der Waals surface area (Å²) in [7, 11) is 0. The second-order valence-electron chi connectivity index (χ2n) is 4.75. The molecule has 6 heteroatoms. The highest BCUT2D eigenvalue weighted by atomic mass is 35.5. The van der Waals surface area contributed by atoms with Crippen LogP contribution in [0, 0.1) is 10.1 Å². The van der Waals surface area contributed by atoms with Gasteiger partial charge in [-0.2, -0.15) is 0 Å². The topological polar surface area (TPSA) is 72.4 Å². The molecule has 0 spiro atoms. The average Bonchev–Trinajstić information content (AvgIpc) is 2.32. The van der Waals surface area contributed by atoms with Gasteiger partial charge in [0.05, 0.1) is 10.6 Å². The fraction of sp³-hybridized carbons (Fsp3) is 0.538. The lowest BCUT2D eigenvalue weighted by Crippen LogP contribution is -2.55. The van der Waals surface area contributed by atoms with Gasteiger partial charge in [0.15, 0.2) is 0 Å². The van der Waals surface area contributed by atoms with E-state index in [1.807, 2.05) is 20.8 Å². The summed E-state index contributed by atoms with van der Waals surface area (Å²) in [6.45, 7) is 7.68. The highest BCUT2D eigenvalue weighted by Crippen LogP contribution is 2.27. The molecule has 0 amide bonds. The van der Waals surface area contributed by atoms with E-state index in [-0.39, 0.29) is 10.7 Å². The zero-order chi connectivity index (χ0) is 14.6. The van der Waals surface area contributed by atoms with Crippen LogP contribution in [-0.4, -0.2) is 28.6 Å². The summed E-state index contributed by atoms with van der Waals surface area (Å²) in [6.07, 6.45) is 0.534. The first-order chi connectivity index (χ1) is 8.81. The monoisotopic (exact) mass is 285 g/mol. The van der Waals surface area contributed by atoms with Gasteiger partial charge in [-0.3, -0.25) is 15.0 Å². The van der Waals surface area contributed by atoms with Gasteiger partial charge in [-0.15, -0.1) is 0 Å². The molecule has 1 atom stereocenters. The van der Waals surface area contributed by atoms with Crippen molar-refractivity contribution in [3.8, 4) is 0 Å². The highest BCUT2D eigenvalue weighted by molar-refractivity contribution is 6.32. The van der Waals surface area contributed by atoms with Gasteiger partial charge in [0.2, 0.25) is 0 Å². The van der Waals surface area contributed by atoms with Gasteiger partial charge >= 0.3 is 0 Å². The summed E-state index contributed by atoms with van der Waals surface area (Å²) in [4.78, 5) is 12.5. The number of nitrogens with two attached hydrogens (primary N) is 1. The fourth-order valence-electron chi connectivity index (χ4n) is 2.28. The first-order valence-electron chi connectivity index (χ1n) is 6.28. The summed E-state index contributed by atoms with van der Waals surface area (Å²) >= 11 is 5.80. The van der Waals surface area contributed by atoms with Crippen molar-refractivity contribution >= 4 is 17.3 Å². The van der Waals surface area contributed by atoms with Crippen LogP contribution in [0.25, 0.3) is 0 Å². The van der Waals surface area contributed by atoms with Gasteiger partial charge in [0, 0.05) is 12.5 Å². The Bertz CT molecular complexity index is 459. The molecule has 1 rings (SSSR count). The van der Waals surface area contributed by atoms with E-state index in [0.717, 1.165) is 18.7 Å². The van der Waals surface area contributed by atoms with Crippen molar-refractivity contribution in [1.29, 1.82) is 0 Å². The first kappa shape index (κ1) is 15.9. The van der Waals surface area contributed by atoms with Gasteiger partial charge in [0.1, 0.15) is 5.02 Å². The Kier molecular flexibility index (Phi) is 5.29. The molecule has 0 saturated carbocycles. The maximum atomic E-state index is 10.9. The van der Waals surface area contributed by atoms with Crippen LogP contribution >= 0.6 is 11.6 Å². The predicted molar refractivity (Wildman–Crippen MR) is 77.3 cm³/mol. The first-order valence-corrected chi connectivity index (χ1v) is 6.66. The third-order valence-corrected chi connectivity index (χ3v) is 3.57. The Morgan fingerprint density at radius 2 is 2.00 bits per heavy atom. The van der Waals surface area contributed by atoms with E-state index in [1.165, 1.54) is 6.07 Å². The van der Waals surface area contributed by atoms with E-state index < -0.39 is 10.6 Å². The number of nitrogens with zero attached hydrogens (tertiary/aromatic N) is 2. The summed E-state index contributed by atoms with van der Waals surface area (Å²) in [5.41, 5.74) is 6.50. The van der Waals surface area contributed by atoms with Crippen LogP contribution in [-0.2, 0) is 6.42 Å². The quantitative estimate of drug-likeness (QED) is 0.495. The molecule has 0 fully saturated rings. The van der Waals surface area contributed by atoms with E-state index in [4.69, 9.17) is 17.3 Å². The van der Waals surface area contributed by atoms with E-state index in [1.54, 1.807) is 12.1 Å². The summed E-state index contributed by atoms with van der Waals surface area (Å²) in [6, 6.07) is 4.83. The maximum Gasteiger partial charge on any atom is 0.288 e. The second kappa shape index (κ2) is 6.32. The van der Waals surface area contributed by atoms with Crippen LogP contribution < -0.4 is 5.73 Å². The summed E-state index contributed by atoms with van der Waals surface area (Å²) in [5.74, 6) is 0. The van der Waals surface area contributed by atoms with E-state index >= 15 is 0 Å². The molecule has 0 aliphatic carbocycles. The average molecular weight is 286 g/mol. The molecule has 1 aromatic rings. The van der Waals surface area contributed by atoms with Crippen molar-refractivity contribution in [2.24, 2.45) is 5.73 Å². The normalized spacial score (nSPS) is 14.4. The lowest BCUT2D eigenvalue weighted by molar-refractivity contribution is -0.384. The molecule has 0 heterocycles. The van der Waals surface area contributed by atoms with Crippen molar-refractivity contribution in [2.75, 3.05) is 13.1 Å². The third-order valence-electron chi connectivity index (χ3n) is 3.26. The summed E-state index contributed by atoms with van der Waals surface area (Å²) < 4.78 is 0. The van der Waals surface area contributed by atoms with Gasteiger partial charge in [-0.25, -0.2) is 0 Å². The Balaban J connectivity index is 2.99. The molecule has 19 heavy (non-hydrogen) atoms. The molecule has 5 nitrogen and oxygen atoms in total. The molecule has 0 saturated heterocycles. The Morgan fingerprint density at radius 1 is 1.42 bits per heavy atom. The highest BCUT2D eigenvalue weighted by Gasteiger charge is 2.26. The standard InChI is InChI=1S/C13H20ClN3O2/c1-4-16(5-2)13(3,15)9-10-6-7-11(14)12(8-10)17(18)19/h6-8H,4-5,9,15H2,1-3H3. The number of hydrogen-bond donors (Lipinski definition) is 1. The molecule has 0 aliphatic rings. The number of halogens is 1. The van der Waals surface area contributed by atoms with E-state index in [2.05, 4.69) is 4.90 Å². The number of nitro groups is 1. The maximum absolute atomic E-state index is 10.9. The number of nitro benzene ring substituents is 1. The molecule has 0 aromatic heterocycles. The minimum Gasteiger partial charge on any atom is -0.313 e. The minimum absolute atomic E-state index is 0.0745. The minimum atomic E-state index is -0.537. The molecule has 0 aliphatic heterocycles. The van der Waals surface area contributed by atoms with Gasteiger partial charge in [-0.05, 0) is 31.6 Å². The van der Waals surface area contributed by atoms with Crippen LogP contribution in [0.1, 0.15) is 26.3 Å². The Hall–Kier alpha value is -1.17. The van der Waals surface area contributed by atoms with E-state index in [0.29, 0.717) is 6.42 Å². The molecular weight excluding hydrogens is 266 g/mol. The fourth-order valence-corrected chi connectivity index (χ4v) is 2.47. The van der Waals surface area contributed by atoms with Crippen molar-refractivity contribution in [3.05, 3.63) is 38.9 Å². The second-order valence-corrected chi connectivity index (χ2v) is 5.16. The number of rotatable bonds is 6. The van der Waals surface area contributed by atoms with Crippen LogP contribution in [0.3, 0.4) is 0 Å². The van der Waals surface area contributed by atoms with Crippen LogP contribution in [0.15, 0.2) is 18.2 Å². The zero-order valence-corrected chi connectivity index (χ0v) is 12.3. The Morgan fingerprint density at radius 3 is 2.47 bits per heavy atom. The molecule has 1 unspecified atom stereocenters. The van der Waals surface area contributed by atoms with Crippen molar-refractivity contribution < 1.29 is 4.92 Å². The summed E-state index contributed by atoms with van der Waals surface area (Å²) in [5, 5.41) is 11.0. The smallest absolute Gasteiger partial charge is 0.288 e. The predicted octanol–water partition coefficient (Wildman–Crippen LogP) is 2.81. The molecular formula is C13H20ClN3O2. The van der Waals surface area contributed by atoms with Gasteiger partial charge < -0.3 is 5.73 Å². The van der Waals surface area contributed by atoms with Crippen molar-refractivity contribution in [1.82, 2.24) is 4.90 Å². The zero-order valence-electron chi connectivity index (χ0n) is 11.5. The van der Waals surface area contributed by atoms with Crippen LogP contribution in [0.5, 0.6) is 0 Å². The van der Waals surface area contributed by atoms with Crippen LogP contribution in [0.2, 0.25) is 5.02 Å². The lowest BCUT2D eigenvalue weighted by atomic mass is 10.00. The van der Waals surface area contributed by atoms with Gasteiger partial charge in [0.25, 0.3) is 5.69 Å². The SMILES string of the molecule is CCN(CC)C(C)(N)Cc1ccc(Cl)c([N+](=O)[O-])c1. The van der Waals surface area contributed by atoms with Crippen molar-refractivity contribution in [2.45, 2.75) is 32.9 Å². The van der Waals surface area contributed by atoms with Gasteiger partial charge in [-0.1, -0.05) is 31.5 Å². The van der Waals surface area contributed by atoms with Crippen LogP contribution in [0.4, 0.5) is 5.69 Å². The molecule has 2 N–H and O–H groups in total. The van der Waals surface area contributed by atoms with Crippen molar-refractivity contribution in [3.63, 3.8) is 0 Å². The number of likely N-dealkylation sites (N-methyl/N-ethyl adjacent to an activating group) is 1. The van der Waals surface area contributed by atoms with E-state index in [9.17, 15) is 10.1 Å². The molecule has 0 bridgehead atoms. The lowest BCUT2D eigenvalue weighted by Gasteiger charge is -2.37. The largest absolute Gasteiger partial charge is 0.313 e. The molecule has 106 valence electrons. The third kappa shape index (κ3) is 3.89.